The van der Waals surface area contributed by atoms with Gasteiger partial charge in [-0.05, 0) is 56.9 Å². The lowest BCUT2D eigenvalue weighted by Gasteiger charge is -2.23. The van der Waals surface area contributed by atoms with Crippen molar-refractivity contribution in [1.29, 1.82) is 0 Å². The molecule has 3 amide bonds. The second kappa shape index (κ2) is 8.29. The second-order valence-corrected chi connectivity index (χ2v) is 7.17. The summed E-state index contributed by atoms with van der Waals surface area (Å²) in [4.78, 5) is 38.8. The molecular formula is C21H25N3O4. The van der Waals surface area contributed by atoms with Crippen LogP contribution in [0.5, 0.6) is 0 Å². The largest absolute Gasteiger partial charge is 0.459 e. The molecule has 0 saturated carbocycles. The highest BCUT2D eigenvalue weighted by atomic mass is 16.3. The zero-order valence-corrected chi connectivity index (χ0v) is 16.4. The normalized spacial score (nSPS) is 16.1. The van der Waals surface area contributed by atoms with Gasteiger partial charge < -0.3 is 20.0 Å². The summed E-state index contributed by atoms with van der Waals surface area (Å²) in [5.74, 6) is -0.726. The first-order valence-corrected chi connectivity index (χ1v) is 9.36. The van der Waals surface area contributed by atoms with E-state index in [9.17, 15) is 14.4 Å². The summed E-state index contributed by atoms with van der Waals surface area (Å²) < 4.78 is 5.14. The molecule has 7 nitrogen and oxygen atoms in total. The van der Waals surface area contributed by atoms with Gasteiger partial charge in [-0.15, -0.1) is 0 Å². The maximum Gasteiger partial charge on any atom is 0.290 e. The van der Waals surface area contributed by atoms with Gasteiger partial charge in [-0.25, -0.2) is 0 Å². The van der Waals surface area contributed by atoms with Crippen LogP contribution in [0, 0.1) is 20.8 Å². The van der Waals surface area contributed by atoms with Crippen molar-refractivity contribution in [1.82, 2.24) is 10.2 Å². The van der Waals surface area contributed by atoms with E-state index in [0.717, 1.165) is 28.8 Å². The number of hydrogen-bond acceptors (Lipinski definition) is 4. The Labute approximate surface area is 164 Å². The number of nitrogens with zero attached hydrogens (tertiary/aromatic N) is 1. The van der Waals surface area contributed by atoms with Crippen molar-refractivity contribution in [2.45, 2.75) is 39.7 Å². The maximum atomic E-state index is 12.5. The zero-order chi connectivity index (χ0) is 20.3. The number of anilines is 1. The highest BCUT2D eigenvalue weighted by Crippen LogP contribution is 2.22. The summed E-state index contributed by atoms with van der Waals surface area (Å²) in [6.45, 7) is 6.22. The van der Waals surface area contributed by atoms with Gasteiger partial charge in [0.15, 0.2) is 5.76 Å². The first kappa shape index (κ1) is 19.7. The topological polar surface area (TPSA) is 91.7 Å². The van der Waals surface area contributed by atoms with E-state index in [2.05, 4.69) is 10.6 Å². The number of aryl methyl sites for hydroxylation is 3. The van der Waals surface area contributed by atoms with Gasteiger partial charge in [-0.3, -0.25) is 14.4 Å². The standard InChI is InChI=1S/C21H25N3O4/c1-13-10-14(2)19(15(3)11-13)23-18(25)12-22-20(26)16-6-4-8-24(16)21(27)17-7-5-9-28-17/h5,7,9-11,16H,4,6,8,12H2,1-3H3,(H,22,26)(H,23,25)/t16-/m0/s1. The molecule has 7 heteroatoms. The summed E-state index contributed by atoms with van der Waals surface area (Å²) in [6, 6.07) is 6.62. The van der Waals surface area contributed by atoms with Crippen LogP contribution in [0.3, 0.4) is 0 Å². The Hall–Kier alpha value is -3.09. The minimum absolute atomic E-state index is 0.148. The maximum absolute atomic E-state index is 12.5. The highest BCUT2D eigenvalue weighted by Gasteiger charge is 2.35. The number of furan rings is 1. The minimum atomic E-state index is -0.590. The van der Waals surface area contributed by atoms with E-state index in [0.29, 0.717) is 13.0 Å². The Bertz CT molecular complexity index is 866. The third kappa shape index (κ3) is 4.24. The number of likely N-dealkylation sites (tertiary alicyclic amines) is 1. The molecule has 2 N–H and O–H groups in total. The van der Waals surface area contributed by atoms with Crippen LogP contribution in [0.2, 0.25) is 0 Å². The molecule has 0 spiro atoms. The van der Waals surface area contributed by atoms with Crippen molar-refractivity contribution in [3.63, 3.8) is 0 Å². The molecule has 0 radical (unpaired) electrons. The molecule has 2 heterocycles. The van der Waals surface area contributed by atoms with Gasteiger partial charge in [-0.1, -0.05) is 17.7 Å². The summed E-state index contributed by atoms with van der Waals surface area (Å²) in [5, 5.41) is 5.51. The summed E-state index contributed by atoms with van der Waals surface area (Å²) in [5.41, 5.74) is 3.84. The molecule has 0 bridgehead atoms. The van der Waals surface area contributed by atoms with Gasteiger partial charge in [0.05, 0.1) is 12.8 Å². The predicted octanol–water partition coefficient (Wildman–Crippen LogP) is 2.56. The average molecular weight is 383 g/mol. The van der Waals surface area contributed by atoms with Crippen molar-refractivity contribution >= 4 is 23.4 Å². The Kier molecular flexibility index (Phi) is 5.82. The fourth-order valence-corrected chi connectivity index (χ4v) is 3.67. The fraction of sp³-hybridized carbons (Fsp3) is 0.381. The van der Waals surface area contributed by atoms with Crippen molar-refractivity contribution in [3.8, 4) is 0 Å². The number of amides is 3. The Morgan fingerprint density at radius 1 is 1.18 bits per heavy atom. The van der Waals surface area contributed by atoms with E-state index in [1.165, 1.54) is 11.2 Å². The van der Waals surface area contributed by atoms with E-state index >= 15 is 0 Å². The molecular weight excluding hydrogens is 358 g/mol. The number of carbonyl (C=O) groups excluding carboxylic acids is 3. The highest BCUT2D eigenvalue weighted by molar-refractivity contribution is 5.98. The molecule has 1 atom stereocenters. The lowest BCUT2D eigenvalue weighted by molar-refractivity contribution is -0.127. The van der Waals surface area contributed by atoms with Crippen molar-refractivity contribution in [2.75, 3.05) is 18.4 Å². The van der Waals surface area contributed by atoms with Crippen LogP contribution >= 0.6 is 0 Å². The predicted molar refractivity (Wildman–Crippen MR) is 105 cm³/mol. The number of carbonyl (C=O) groups is 3. The summed E-state index contributed by atoms with van der Waals surface area (Å²) in [6.07, 6.45) is 2.73. The monoisotopic (exact) mass is 383 g/mol. The van der Waals surface area contributed by atoms with Gasteiger partial charge in [0.1, 0.15) is 6.04 Å². The first-order chi connectivity index (χ1) is 13.4. The molecule has 1 fully saturated rings. The molecule has 0 unspecified atom stereocenters. The van der Waals surface area contributed by atoms with E-state index in [1.54, 1.807) is 12.1 Å². The minimum Gasteiger partial charge on any atom is -0.459 e. The van der Waals surface area contributed by atoms with Crippen LogP contribution < -0.4 is 10.6 Å². The lowest BCUT2D eigenvalue weighted by Crippen LogP contribution is -2.47. The second-order valence-electron chi connectivity index (χ2n) is 7.17. The average Bonchev–Trinajstić information content (AvgIpc) is 3.33. The molecule has 0 aliphatic carbocycles. The van der Waals surface area contributed by atoms with Crippen molar-refractivity contribution < 1.29 is 18.8 Å². The van der Waals surface area contributed by atoms with Crippen molar-refractivity contribution in [3.05, 3.63) is 53.0 Å². The van der Waals surface area contributed by atoms with Crippen LogP contribution in [0.1, 0.15) is 40.1 Å². The van der Waals surface area contributed by atoms with E-state index in [4.69, 9.17) is 4.42 Å². The smallest absolute Gasteiger partial charge is 0.290 e. The Balaban J connectivity index is 1.57. The third-order valence-corrected chi connectivity index (χ3v) is 4.91. The molecule has 3 rings (SSSR count). The van der Waals surface area contributed by atoms with E-state index in [-0.39, 0.29) is 30.0 Å². The Morgan fingerprint density at radius 3 is 2.54 bits per heavy atom. The van der Waals surface area contributed by atoms with Crippen LogP contribution in [0.4, 0.5) is 5.69 Å². The van der Waals surface area contributed by atoms with Crippen molar-refractivity contribution in [2.24, 2.45) is 0 Å². The number of rotatable bonds is 5. The zero-order valence-electron chi connectivity index (χ0n) is 16.4. The SMILES string of the molecule is Cc1cc(C)c(NC(=O)CNC(=O)[C@@H]2CCCN2C(=O)c2ccco2)c(C)c1. The van der Waals surface area contributed by atoms with Gasteiger partial charge >= 0.3 is 0 Å². The van der Waals surface area contributed by atoms with Crippen LogP contribution in [0.25, 0.3) is 0 Å². The Morgan fingerprint density at radius 2 is 1.89 bits per heavy atom. The van der Waals surface area contributed by atoms with Gasteiger partial charge in [0.25, 0.3) is 5.91 Å². The van der Waals surface area contributed by atoms with Gasteiger partial charge in [-0.2, -0.15) is 0 Å². The molecule has 148 valence electrons. The molecule has 1 aromatic carbocycles. The third-order valence-electron chi connectivity index (χ3n) is 4.91. The quantitative estimate of drug-likeness (QED) is 0.830. The number of nitrogens with one attached hydrogen (secondary N) is 2. The molecule has 1 aliphatic heterocycles. The number of benzene rings is 1. The van der Waals surface area contributed by atoms with Gasteiger partial charge in [0.2, 0.25) is 11.8 Å². The van der Waals surface area contributed by atoms with E-state index < -0.39 is 6.04 Å². The van der Waals surface area contributed by atoms with Gasteiger partial charge in [0, 0.05) is 12.2 Å². The van der Waals surface area contributed by atoms with Crippen LogP contribution in [-0.4, -0.2) is 41.8 Å². The fourth-order valence-electron chi connectivity index (χ4n) is 3.67. The first-order valence-electron chi connectivity index (χ1n) is 9.36. The number of hydrogen-bond donors (Lipinski definition) is 2. The molecule has 28 heavy (non-hydrogen) atoms. The van der Waals surface area contributed by atoms with Crippen LogP contribution in [-0.2, 0) is 9.59 Å². The molecule has 1 aliphatic rings. The summed E-state index contributed by atoms with van der Waals surface area (Å²) in [7, 11) is 0. The molecule has 1 aromatic heterocycles. The summed E-state index contributed by atoms with van der Waals surface area (Å²) >= 11 is 0. The lowest BCUT2D eigenvalue weighted by atomic mass is 10.1. The molecule has 2 aromatic rings. The van der Waals surface area contributed by atoms with E-state index in [1.807, 2.05) is 32.9 Å². The van der Waals surface area contributed by atoms with Crippen LogP contribution in [0.15, 0.2) is 34.9 Å². The molecule has 1 saturated heterocycles.